The smallest absolute Gasteiger partial charge is 0.335 e. The molecule has 0 spiro atoms. The minimum Gasteiger partial charge on any atom is -0.492 e. The van der Waals surface area contributed by atoms with Gasteiger partial charge in [0.15, 0.2) is 9.84 Å². The first-order valence-electron chi connectivity index (χ1n) is 10.7. The van der Waals surface area contributed by atoms with Gasteiger partial charge in [-0.05, 0) is 62.3 Å². The fraction of sp³-hybridized carbons (Fsp3) is 0.500. The summed E-state index contributed by atoms with van der Waals surface area (Å²) in [4.78, 5) is 14.5. The van der Waals surface area contributed by atoms with Gasteiger partial charge in [0.1, 0.15) is 5.75 Å². The van der Waals surface area contributed by atoms with Crippen LogP contribution in [0.25, 0.3) is 0 Å². The lowest BCUT2D eigenvalue weighted by Crippen LogP contribution is -2.34. The molecule has 1 saturated heterocycles. The van der Waals surface area contributed by atoms with Gasteiger partial charge in [-0.3, -0.25) is 4.98 Å². The molecule has 0 unspecified atom stereocenters. The number of carboxylic acids is 1. The fourth-order valence-electron chi connectivity index (χ4n) is 3.57. The predicted octanol–water partition coefficient (Wildman–Crippen LogP) is 4.08. The second-order valence-corrected chi connectivity index (χ2v) is 10.7. The summed E-state index contributed by atoms with van der Waals surface area (Å²) in [7, 11) is -3.05. The molecule has 176 valence electrons. The highest BCUT2D eigenvalue weighted by molar-refractivity contribution is 7.91. The van der Waals surface area contributed by atoms with Gasteiger partial charge in [-0.2, -0.15) is 0 Å². The second-order valence-electron chi connectivity index (χ2n) is 8.53. The van der Waals surface area contributed by atoms with Crippen molar-refractivity contribution in [2.75, 3.05) is 31.3 Å². The number of carboxylic acid groups (broad SMARTS) is 1. The Balaban J connectivity index is 0.000000278. The Morgan fingerprint density at radius 1 is 1.22 bits per heavy atom. The van der Waals surface area contributed by atoms with Crippen molar-refractivity contribution in [3.05, 3.63) is 59.4 Å². The van der Waals surface area contributed by atoms with Crippen molar-refractivity contribution in [1.82, 2.24) is 4.98 Å². The minimum absolute atomic E-state index is 0.138. The van der Waals surface area contributed by atoms with Gasteiger partial charge < -0.3 is 14.6 Å². The van der Waals surface area contributed by atoms with E-state index in [0.29, 0.717) is 37.6 Å². The summed E-state index contributed by atoms with van der Waals surface area (Å²) in [5, 5.41) is 8.66. The van der Waals surface area contributed by atoms with Gasteiger partial charge in [-0.15, -0.1) is 0 Å². The topological polar surface area (TPSA) is 103 Å². The molecule has 32 heavy (non-hydrogen) atoms. The van der Waals surface area contributed by atoms with Gasteiger partial charge in [0, 0.05) is 19.4 Å². The van der Waals surface area contributed by atoms with E-state index in [1.165, 1.54) is 0 Å². The fourth-order valence-corrected chi connectivity index (χ4v) is 5.62. The molecule has 0 radical (unpaired) electrons. The lowest BCUT2D eigenvalue weighted by atomic mass is 9.85. The van der Waals surface area contributed by atoms with Crippen LogP contribution in [0.1, 0.15) is 47.7 Å². The molecule has 0 aliphatic carbocycles. The molecule has 1 N–H and O–H groups in total. The van der Waals surface area contributed by atoms with Crippen molar-refractivity contribution in [1.29, 1.82) is 0 Å². The van der Waals surface area contributed by atoms with Crippen molar-refractivity contribution >= 4 is 15.8 Å². The Kier molecular flexibility index (Phi) is 9.65. The maximum atomic E-state index is 12.2. The number of sulfone groups is 1. The van der Waals surface area contributed by atoms with Gasteiger partial charge in [-0.1, -0.05) is 24.6 Å². The van der Waals surface area contributed by atoms with Crippen LogP contribution in [0.15, 0.2) is 42.7 Å². The lowest BCUT2D eigenvalue weighted by Gasteiger charge is -2.33. The van der Waals surface area contributed by atoms with E-state index in [-0.39, 0.29) is 16.9 Å². The average molecular weight is 464 g/mol. The number of aryl methyl sites for hydroxylation is 2. The lowest BCUT2D eigenvalue weighted by molar-refractivity contribution is 0.0341. The number of carbonyl (C=O) groups is 1. The molecular formula is C24H33NO6S. The molecule has 0 bridgehead atoms. The van der Waals surface area contributed by atoms with E-state index in [9.17, 15) is 13.2 Å². The zero-order valence-corrected chi connectivity index (χ0v) is 19.9. The average Bonchev–Trinajstić information content (AvgIpc) is 2.72. The van der Waals surface area contributed by atoms with E-state index in [1.54, 1.807) is 37.5 Å². The first-order chi connectivity index (χ1) is 15.1. The quantitative estimate of drug-likeness (QED) is 0.588. The third kappa shape index (κ3) is 8.96. The van der Waals surface area contributed by atoms with Crippen LogP contribution in [0.2, 0.25) is 0 Å². The Morgan fingerprint density at radius 2 is 1.94 bits per heavy atom. The van der Waals surface area contributed by atoms with Crippen molar-refractivity contribution in [3.63, 3.8) is 0 Å². The normalized spacial score (nSPS) is 15.3. The SMILES string of the molecule is CC1(CS(=O)(=O)CCCOc2cccnc2)CCOCC1.Cc1ccc(C(=O)O)c(C)c1. The van der Waals surface area contributed by atoms with Crippen molar-refractivity contribution in [3.8, 4) is 5.75 Å². The van der Waals surface area contributed by atoms with Crippen molar-refractivity contribution < 1.29 is 27.8 Å². The highest BCUT2D eigenvalue weighted by Crippen LogP contribution is 2.31. The molecule has 0 amide bonds. The largest absolute Gasteiger partial charge is 0.492 e. The molecule has 1 aromatic carbocycles. The van der Waals surface area contributed by atoms with Crippen LogP contribution in [0.3, 0.4) is 0 Å². The number of hydrogen-bond acceptors (Lipinski definition) is 6. The zero-order chi connectivity index (χ0) is 23.6. The minimum atomic E-state index is -3.05. The van der Waals surface area contributed by atoms with E-state index >= 15 is 0 Å². The molecule has 2 aromatic rings. The van der Waals surface area contributed by atoms with Crippen LogP contribution in [0.4, 0.5) is 0 Å². The highest BCUT2D eigenvalue weighted by Gasteiger charge is 2.32. The van der Waals surface area contributed by atoms with Crippen molar-refractivity contribution in [2.45, 2.75) is 40.0 Å². The molecule has 0 saturated carbocycles. The number of nitrogens with zero attached hydrogens (tertiary/aromatic N) is 1. The van der Waals surface area contributed by atoms with Gasteiger partial charge >= 0.3 is 5.97 Å². The summed E-state index contributed by atoms with van der Waals surface area (Å²) >= 11 is 0. The molecular weight excluding hydrogens is 430 g/mol. The molecule has 7 nitrogen and oxygen atoms in total. The third-order valence-corrected chi connectivity index (χ3v) is 7.43. The standard InChI is InChI=1S/C15H23NO4S.C9H10O2/c1-15(5-9-19-10-6-15)13-21(17,18)11-3-8-20-14-4-2-7-16-12-14;1-6-3-4-8(9(10)11)7(2)5-6/h2,4,7,12H,3,5-6,8-11,13H2,1H3;3-5H,1-2H3,(H,10,11). The number of hydrogen-bond donors (Lipinski definition) is 1. The van der Waals surface area contributed by atoms with E-state index in [4.69, 9.17) is 14.6 Å². The van der Waals surface area contributed by atoms with Crippen LogP contribution in [0, 0.1) is 19.3 Å². The number of pyridine rings is 1. The number of rotatable bonds is 8. The Bertz CT molecular complexity index is 969. The van der Waals surface area contributed by atoms with Crippen LogP contribution < -0.4 is 4.74 Å². The Labute approximate surface area is 190 Å². The first-order valence-corrected chi connectivity index (χ1v) is 12.5. The molecule has 0 atom stereocenters. The third-order valence-electron chi connectivity index (χ3n) is 5.38. The zero-order valence-electron chi connectivity index (χ0n) is 19.0. The number of benzene rings is 1. The summed E-state index contributed by atoms with van der Waals surface area (Å²) in [5.74, 6) is 0.230. The highest BCUT2D eigenvalue weighted by atomic mass is 32.2. The summed E-state index contributed by atoms with van der Waals surface area (Å²) in [6.07, 6.45) is 5.43. The maximum Gasteiger partial charge on any atom is 0.335 e. The number of aromatic carboxylic acids is 1. The maximum absolute atomic E-state index is 12.2. The summed E-state index contributed by atoms with van der Waals surface area (Å²) < 4.78 is 35.2. The van der Waals surface area contributed by atoms with Gasteiger partial charge in [-0.25, -0.2) is 13.2 Å². The second kappa shape index (κ2) is 12.0. The van der Waals surface area contributed by atoms with Gasteiger partial charge in [0.2, 0.25) is 0 Å². The van der Waals surface area contributed by atoms with E-state index in [0.717, 1.165) is 24.0 Å². The summed E-state index contributed by atoms with van der Waals surface area (Å²) in [6.45, 7) is 7.51. The molecule has 1 aliphatic rings. The number of aromatic nitrogens is 1. The van der Waals surface area contributed by atoms with Crippen LogP contribution in [-0.4, -0.2) is 55.8 Å². The first kappa shape index (κ1) is 25.8. The van der Waals surface area contributed by atoms with Crippen molar-refractivity contribution in [2.24, 2.45) is 5.41 Å². The number of ether oxygens (including phenoxy) is 2. The van der Waals surface area contributed by atoms with Gasteiger partial charge in [0.25, 0.3) is 0 Å². The molecule has 1 aliphatic heterocycles. The van der Waals surface area contributed by atoms with Gasteiger partial charge in [0.05, 0.1) is 29.9 Å². The monoisotopic (exact) mass is 463 g/mol. The van der Waals surface area contributed by atoms with Crippen LogP contribution in [0.5, 0.6) is 5.75 Å². The molecule has 2 heterocycles. The van der Waals surface area contributed by atoms with E-state index < -0.39 is 15.8 Å². The summed E-state index contributed by atoms with van der Waals surface area (Å²) in [6, 6.07) is 8.90. The summed E-state index contributed by atoms with van der Waals surface area (Å²) in [5.41, 5.74) is 2.15. The Morgan fingerprint density at radius 3 is 2.53 bits per heavy atom. The van der Waals surface area contributed by atoms with Crippen LogP contribution >= 0.6 is 0 Å². The molecule has 8 heteroatoms. The predicted molar refractivity (Wildman–Crippen MR) is 124 cm³/mol. The van der Waals surface area contributed by atoms with E-state index in [1.807, 2.05) is 26.0 Å². The molecule has 3 rings (SSSR count). The molecule has 1 fully saturated rings. The molecule has 1 aromatic heterocycles. The van der Waals surface area contributed by atoms with Crippen LogP contribution in [-0.2, 0) is 14.6 Å². The van der Waals surface area contributed by atoms with E-state index in [2.05, 4.69) is 4.98 Å². The Hall–Kier alpha value is -2.45.